The van der Waals surface area contributed by atoms with Crippen molar-refractivity contribution in [2.24, 2.45) is 0 Å². The highest BCUT2D eigenvalue weighted by Gasteiger charge is 2.18. The van der Waals surface area contributed by atoms with Crippen molar-refractivity contribution in [2.75, 3.05) is 5.32 Å². The molecular formula is C16H17ClN4O. The van der Waals surface area contributed by atoms with Gasteiger partial charge in [0.05, 0.1) is 0 Å². The fourth-order valence-electron chi connectivity index (χ4n) is 2.53. The summed E-state index contributed by atoms with van der Waals surface area (Å²) in [5.41, 5.74) is 1.20. The molecule has 6 heteroatoms. The lowest BCUT2D eigenvalue weighted by Crippen LogP contribution is -2.33. The maximum absolute atomic E-state index is 12.1. The van der Waals surface area contributed by atoms with Gasteiger partial charge in [0.2, 0.25) is 0 Å². The van der Waals surface area contributed by atoms with Crippen LogP contribution in [0.25, 0.3) is 0 Å². The molecule has 1 aliphatic carbocycles. The predicted octanol–water partition coefficient (Wildman–Crippen LogP) is 3.55. The zero-order chi connectivity index (χ0) is 15.4. The van der Waals surface area contributed by atoms with E-state index in [4.69, 9.17) is 11.6 Å². The van der Waals surface area contributed by atoms with Crippen LogP contribution in [0, 0.1) is 0 Å². The number of nitrogens with zero attached hydrogens (tertiary/aromatic N) is 2. The lowest BCUT2D eigenvalue weighted by molar-refractivity contribution is 0.0932. The van der Waals surface area contributed by atoms with E-state index in [-0.39, 0.29) is 11.9 Å². The number of carbonyl (C=O) groups is 1. The summed E-state index contributed by atoms with van der Waals surface area (Å²) in [7, 11) is 0. The lowest BCUT2D eigenvalue weighted by Gasteiger charge is -2.11. The fourth-order valence-corrected chi connectivity index (χ4v) is 2.66. The van der Waals surface area contributed by atoms with Crippen molar-refractivity contribution in [2.45, 2.75) is 31.7 Å². The molecule has 3 rings (SSSR count). The molecule has 1 heterocycles. The van der Waals surface area contributed by atoms with Gasteiger partial charge >= 0.3 is 0 Å². The number of carbonyl (C=O) groups excluding carboxylic acids is 1. The first-order valence-electron chi connectivity index (χ1n) is 7.38. The molecule has 1 aromatic carbocycles. The van der Waals surface area contributed by atoms with Gasteiger partial charge in [-0.25, -0.2) is 0 Å². The third kappa shape index (κ3) is 3.74. The van der Waals surface area contributed by atoms with Crippen LogP contribution in [0.3, 0.4) is 0 Å². The predicted molar refractivity (Wildman–Crippen MR) is 86.5 cm³/mol. The normalized spacial score (nSPS) is 14.8. The Labute approximate surface area is 134 Å². The van der Waals surface area contributed by atoms with Crippen LogP contribution in [0.4, 0.5) is 11.5 Å². The Hall–Kier alpha value is -2.14. The zero-order valence-electron chi connectivity index (χ0n) is 12.1. The minimum Gasteiger partial charge on any atom is -0.348 e. The van der Waals surface area contributed by atoms with Gasteiger partial charge in [-0.1, -0.05) is 24.4 Å². The highest BCUT2D eigenvalue weighted by molar-refractivity contribution is 6.30. The Balaban J connectivity index is 1.61. The third-order valence-electron chi connectivity index (χ3n) is 3.70. The number of rotatable bonds is 4. The summed E-state index contributed by atoms with van der Waals surface area (Å²) in [5.74, 6) is 0.428. The quantitative estimate of drug-likeness (QED) is 0.905. The van der Waals surface area contributed by atoms with Crippen molar-refractivity contribution >= 4 is 29.0 Å². The number of anilines is 2. The van der Waals surface area contributed by atoms with Crippen molar-refractivity contribution in [1.29, 1.82) is 0 Å². The first-order chi connectivity index (χ1) is 10.7. The molecule has 1 fully saturated rings. The Morgan fingerprint density at radius 3 is 2.41 bits per heavy atom. The molecule has 1 saturated carbocycles. The number of hydrogen-bond donors (Lipinski definition) is 2. The highest BCUT2D eigenvalue weighted by atomic mass is 35.5. The topological polar surface area (TPSA) is 66.9 Å². The molecular weight excluding hydrogens is 300 g/mol. The monoisotopic (exact) mass is 316 g/mol. The molecule has 0 unspecified atom stereocenters. The SMILES string of the molecule is O=C(NC1CCCC1)c1ccc(Nc2ccc(Cl)cc2)nn1. The van der Waals surface area contributed by atoms with E-state index in [0.717, 1.165) is 18.5 Å². The minimum atomic E-state index is -0.155. The second-order valence-corrected chi connectivity index (χ2v) is 5.83. The van der Waals surface area contributed by atoms with E-state index in [0.29, 0.717) is 16.5 Å². The number of benzene rings is 1. The average molecular weight is 317 g/mol. The Kier molecular flexibility index (Phi) is 4.53. The van der Waals surface area contributed by atoms with Crippen LogP contribution in [-0.4, -0.2) is 22.1 Å². The van der Waals surface area contributed by atoms with E-state index in [2.05, 4.69) is 20.8 Å². The molecule has 1 aromatic heterocycles. The number of halogens is 1. The summed E-state index contributed by atoms with van der Waals surface area (Å²) in [5, 5.41) is 14.8. The number of aromatic nitrogens is 2. The molecule has 114 valence electrons. The number of nitrogens with one attached hydrogen (secondary N) is 2. The summed E-state index contributed by atoms with van der Waals surface area (Å²) in [6.07, 6.45) is 4.46. The molecule has 2 aromatic rings. The summed E-state index contributed by atoms with van der Waals surface area (Å²) >= 11 is 5.84. The van der Waals surface area contributed by atoms with Crippen LogP contribution < -0.4 is 10.6 Å². The molecule has 0 saturated heterocycles. The van der Waals surface area contributed by atoms with Gasteiger partial charge in [0.1, 0.15) is 0 Å². The van der Waals surface area contributed by atoms with Gasteiger partial charge in [0.25, 0.3) is 5.91 Å². The van der Waals surface area contributed by atoms with E-state index in [1.807, 2.05) is 12.1 Å². The van der Waals surface area contributed by atoms with Gasteiger partial charge < -0.3 is 10.6 Å². The van der Waals surface area contributed by atoms with Gasteiger partial charge in [0, 0.05) is 16.8 Å². The molecule has 0 aliphatic heterocycles. The van der Waals surface area contributed by atoms with Crippen LogP contribution >= 0.6 is 11.6 Å². The molecule has 2 N–H and O–H groups in total. The Morgan fingerprint density at radius 1 is 1.05 bits per heavy atom. The van der Waals surface area contributed by atoms with Crippen LogP contribution in [0.1, 0.15) is 36.2 Å². The van der Waals surface area contributed by atoms with Gasteiger partial charge in [-0.05, 0) is 49.2 Å². The molecule has 22 heavy (non-hydrogen) atoms. The first-order valence-corrected chi connectivity index (χ1v) is 7.76. The second kappa shape index (κ2) is 6.75. The van der Waals surface area contributed by atoms with E-state index in [9.17, 15) is 4.79 Å². The third-order valence-corrected chi connectivity index (χ3v) is 3.96. The summed E-state index contributed by atoms with van der Waals surface area (Å²) in [6, 6.07) is 11.0. The summed E-state index contributed by atoms with van der Waals surface area (Å²) in [4.78, 5) is 12.1. The number of amides is 1. The van der Waals surface area contributed by atoms with Crippen molar-refractivity contribution in [1.82, 2.24) is 15.5 Å². The van der Waals surface area contributed by atoms with E-state index < -0.39 is 0 Å². The van der Waals surface area contributed by atoms with E-state index in [1.54, 1.807) is 24.3 Å². The van der Waals surface area contributed by atoms with Gasteiger partial charge in [-0.15, -0.1) is 10.2 Å². The Bertz CT molecular complexity index is 636. The molecule has 0 radical (unpaired) electrons. The van der Waals surface area contributed by atoms with Crippen LogP contribution in [-0.2, 0) is 0 Å². The van der Waals surface area contributed by atoms with Gasteiger partial charge in [-0.3, -0.25) is 4.79 Å². The summed E-state index contributed by atoms with van der Waals surface area (Å²) in [6.45, 7) is 0. The van der Waals surface area contributed by atoms with E-state index in [1.165, 1.54) is 12.8 Å². The van der Waals surface area contributed by atoms with Crippen LogP contribution in [0.5, 0.6) is 0 Å². The highest BCUT2D eigenvalue weighted by Crippen LogP contribution is 2.19. The molecule has 0 atom stereocenters. The van der Waals surface area contributed by atoms with Crippen LogP contribution in [0.15, 0.2) is 36.4 Å². The van der Waals surface area contributed by atoms with Crippen molar-refractivity contribution in [3.05, 3.63) is 47.1 Å². The second-order valence-electron chi connectivity index (χ2n) is 5.39. The smallest absolute Gasteiger partial charge is 0.272 e. The largest absolute Gasteiger partial charge is 0.348 e. The molecule has 1 aliphatic rings. The minimum absolute atomic E-state index is 0.155. The van der Waals surface area contributed by atoms with E-state index >= 15 is 0 Å². The fraction of sp³-hybridized carbons (Fsp3) is 0.312. The van der Waals surface area contributed by atoms with Crippen molar-refractivity contribution < 1.29 is 4.79 Å². The standard InChI is InChI=1S/C16H17ClN4O/c17-11-5-7-13(8-6-11)18-15-10-9-14(20-21-15)16(22)19-12-3-1-2-4-12/h5-10,12H,1-4H2,(H,18,21)(H,19,22). The van der Waals surface area contributed by atoms with Crippen LogP contribution in [0.2, 0.25) is 5.02 Å². The first kappa shape index (κ1) is 14.8. The van der Waals surface area contributed by atoms with Gasteiger partial charge in [0.15, 0.2) is 11.5 Å². The maximum atomic E-state index is 12.1. The number of hydrogen-bond acceptors (Lipinski definition) is 4. The molecule has 1 amide bonds. The Morgan fingerprint density at radius 2 is 1.77 bits per heavy atom. The van der Waals surface area contributed by atoms with Gasteiger partial charge in [-0.2, -0.15) is 0 Å². The molecule has 5 nitrogen and oxygen atoms in total. The zero-order valence-corrected chi connectivity index (χ0v) is 12.8. The van der Waals surface area contributed by atoms with Crippen molar-refractivity contribution in [3.8, 4) is 0 Å². The maximum Gasteiger partial charge on any atom is 0.272 e. The average Bonchev–Trinajstić information content (AvgIpc) is 3.03. The molecule has 0 bridgehead atoms. The lowest BCUT2D eigenvalue weighted by atomic mass is 10.2. The van der Waals surface area contributed by atoms with Crippen molar-refractivity contribution in [3.63, 3.8) is 0 Å². The molecule has 0 spiro atoms. The summed E-state index contributed by atoms with van der Waals surface area (Å²) < 4.78 is 0.